The molecule has 0 fully saturated rings. The van der Waals surface area contributed by atoms with Crippen LogP contribution in [0.25, 0.3) is 0 Å². The van der Waals surface area contributed by atoms with Gasteiger partial charge in [0, 0.05) is 30.0 Å². The topological polar surface area (TPSA) is 91.3 Å². The monoisotopic (exact) mass is 391 g/mol. The van der Waals surface area contributed by atoms with Gasteiger partial charge in [-0.05, 0) is 62.6 Å². The number of hydrogen-bond donors (Lipinski definition) is 3. The van der Waals surface area contributed by atoms with Gasteiger partial charge in [-0.15, -0.1) is 0 Å². The van der Waals surface area contributed by atoms with E-state index in [1.54, 1.807) is 24.3 Å². The number of benzene rings is 1. The molecule has 1 aromatic heterocycles. The largest absolute Gasteiger partial charge is 0.388 e. The van der Waals surface area contributed by atoms with E-state index in [9.17, 15) is 13.5 Å². The Labute approximate surface area is 162 Å². The number of aromatic nitrogens is 1. The zero-order valence-electron chi connectivity index (χ0n) is 16.0. The van der Waals surface area contributed by atoms with Gasteiger partial charge in [-0.1, -0.05) is 18.2 Å². The zero-order chi connectivity index (χ0) is 19.7. The summed E-state index contributed by atoms with van der Waals surface area (Å²) in [7, 11) is -3.28. The molecular weight excluding hydrogens is 362 g/mol. The average Bonchev–Trinajstić information content (AvgIpc) is 2.60. The number of hydrogen-bond acceptors (Lipinski definition) is 5. The van der Waals surface area contributed by atoms with Crippen LogP contribution in [0.5, 0.6) is 0 Å². The molecule has 0 spiro atoms. The summed E-state index contributed by atoms with van der Waals surface area (Å²) in [6.45, 7) is 3.81. The summed E-state index contributed by atoms with van der Waals surface area (Å²) >= 11 is 0. The number of anilines is 1. The third-order valence-corrected chi connectivity index (χ3v) is 4.79. The molecule has 0 amide bonds. The smallest absolute Gasteiger partial charge is 0.229 e. The first kappa shape index (κ1) is 21.3. The zero-order valence-corrected chi connectivity index (χ0v) is 16.8. The van der Waals surface area contributed by atoms with Gasteiger partial charge in [0.25, 0.3) is 0 Å². The van der Waals surface area contributed by atoms with Gasteiger partial charge in [-0.25, -0.2) is 8.42 Å². The number of aliphatic hydroxyl groups excluding tert-OH is 1. The van der Waals surface area contributed by atoms with Gasteiger partial charge in [0.1, 0.15) is 0 Å². The first-order chi connectivity index (χ1) is 12.8. The van der Waals surface area contributed by atoms with E-state index in [-0.39, 0.29) is 0 Å². The minimum Gasteiger partial charge on any atom is -0.388 e. The van der Waals surface area contributed by atoms with Crippen molar-refractivity contribution in [2.24, 2.45) is 0 Å². The summed E-state index contributed by atoms with van der Waals surface area (Å²) in [5.41, 5.74) is 3.45. The molecular formula is C20H29N3O3S. The van der Waals surface area contributed by atoms with Crippen molar-refractivity contribution in [3.05, 3.63) is 59.4 Å². The molecule has 0 saturated heterocycles. The molecule has 2 rings (SSSR count). The van der Waals surface area contributed by atoms with E-state index < -0.39 is 16.1 Å². The van der Waals surface area contributed by atoms with Gasteiger partial charge in [-0.3, -0.25) is 9.71 Å². The summed E-state index contributed by atoms with van der Waals surface area (Å²) in [6, 6.07) is 12.9. The maximum atomic E-state index is 11.2. The Hall–Kier alpha value is -1.96. The number of nitrogens with one attached hydrogen (secondary N) is 2. The van der Waals surface area contributed by atoms with Gasteiger partial charge in [0.05, 0.1) is 12.4 Å². The number of aliphatic hydroxyl groups is 1. The number of rotatable bonds is 11. The fourth-order valence-electron chi connectivity index (χ4n) is 2.82. The van der Waals surface area contributed by atoms with E-state index in [1.807, 2.05) is 25.1 Å². The van der Waals surface area contributed by atoms with Crippen LogP contribution in [0.1, 0.15) is 42.3 Å². The van der Waals surface area contributed by atoms with Gasteiger partial charge < -0.3 is 10.4 Å². The minimum atomic E-state index is -3.28. The first-order valence-corrected chi connectivity index (χ1v) is 11.1. The number of unbranched alkanes of at least 4 members (excludes halogenated alkanes) is 1. The summed E-state index contributed by atoms with van der Waals surface area (Å²) in [6.07, 6.45) is 4.08. The molecule has 0 saturated carbocycles. The highest BCUT2D eigenvalue weighted by atomic mass is 32.2. The summed E-state index contributed by atoms with van der Waals surface area (Å²) in [5, 5.41) is 13.7. The van der Waals surface area contributed by atoms with Crippen LogP contribution in [-0.4, -0.2) is 37.9 Å². The average molecular weight is 392 g/mol. The van der Waals surface area contributed by atoms with E-state index in [1.165, 1.54) is 0 Å². The highest BCUT2D eigenvalue weighted by molar-refractivity contribution is 7.92. The van der Waals surface area contributed by atoms with Gasteiger partial charge in [-0.2, -0.15) is 0 Å². The second-order valence-electron chi connectivity index (χ2n) is 6.78. The third kappa shape index (κ3) is 8.51. The predicted molar refractivity (Wildman–Crippen MR) is 109 cm³/mol. The Kier molecular flexibility index (Phi) is 8.22. The molecule has 1 unspecified atom stereocenters. The Morgan fingerprint density at radius 2 is 1.81 bits per heavy atom. The lowest BCUT2D eigenvalue weighted by atomic mass is 10.0. The van der Waals surface area contributed by atoms with Crippen molar-refractivity contribution in [3.8, 4) is 0 Å². The normalized spacial score (nSPS) is 12.7. The second kappa shape index (κ2) is 10.4. The molecule has 1 aromatic carbocycles. The highest BCUT2D eigenvalue weighted by Gasteiger charge is 2.08. The van der Waals surface area contributed by atoms with E-state index in [0.29, 0.717) is 12.1 Å². The maximum absolute atomic E-state index is 11.2. The third-order valence-electron chi connectivity index (χ3n) is 4.18. The molecule has 0 aliphatic rings. The lowest BCUT2D eigenvalue weighted by molar-refractivity contribution is 0.163. The molecule has 27 heavy (non-hydrogen) atoms. The summed E-state index contributed by atoms with van der Waals surface area (Å²) in [4.78, 5) is 4.48. The Balaban J connectivity index is 1.61. The fourth-order valence-corrected chi connectivity index (χ4v) is 3.39. The van der Waals surface area contributed by atoms with E-state index in [2.05, 4.69) is 15.0 Å². The number of nitrogens with zero attached hydrogens (tertiary/aromatic N) is 1. The standard InChI is InChI=1S/C20H29N3O3S/c1-16-6-5-7-18(22-16)13-15-21-14-4-3-8-20(24)17-9-11-19(12-10-17)23-27(2,25)26/h5-7,9-12,20-21,23-24H,3-4,8,13-15H2,1-2H3. The van der Waals surface area contributed by atoms with Gasteiger partial charge in [0.15, 0.2) is 0 Å². The van der Waals surface area contributed by atoms with Gasteiger partial charge >= 0.3 is 0 Å². The maximum Gasteiger partial charge on any atom is 0.229 e. The molecule has 0 radical (unpaired) electrons. The van der Waals surface area contributed by atoms with Crippen LogP contribution >= 0.6 is 0 Å². The molecule has 1 heterocycles. The molecule has 0 bridgehead atoms. The Morgan fingerprint density at radius 1 is 1.07 bits per heavy atom. The van der Waals surface area contributed by atoms with Crippen molar-refractivity contribution in [1.29, 1.82) is 0 Å². The molecule has 0 aliphatic heterocycles. The molecule has 2 aromatic rings. The molecule has 6 nitrogen and oxygen atoms in total. The van der Waals surface area contributed by atoms with Crippen molar-refractivity contribution in [2.75, 3.05) is 24.1 Å². The second-order valence-corrected chi connectivity index (χ2v) is 8.53. The lowest BCUT2D eigenvalue weighted by Gasteiger charge is -2.12. The Morgan fingerprint density at radius 3 is 2.48 bits per heavy atom. The van der Waals surface area contributed by atoms with Crippen molar-refractivity contribution >= 4 is 15.7 Å². The highest BCUT2D eigenvalue weighted by Crippen LogP contribution is 2.21. The van der Waals surface area contributed by atoms with Gasteiger partial charge in [0.2, 0.25) is 10.0 Å². The van der Waals surface area contributed by atoms with E-state index in [0.717, 1.165) is 55.6 Å². The van der Waals surface area contributed by atoms with Crippen LogP contribution in [0.4, 0.5) is 5.69 Å². The quantitative estimate of drug-likeness (QED) is 0.512. The van der Waals surface area contributed by atoms with Crippen LogP contribution in [0.2, 0.25) is 0 Å². The van der Waals surface area contributed by atoms with E-state index in [4.69, 9.17) is 0 Å². The van der Waals surface area contributed by atoms with Crippen LogP contribution in [0, 0.1) is 6.92 Å². The molecule has 148 valence electrons. The van der Waals surface area contributed by atoms with Crippen LogP contribution in [-0.2, 0) is 16.4 Å². The minimum absolute atomic E-state index is 0.501. The van der Waals surface area contributed by atoms with Crippen LogP contribution in [0.3, 0.4) is 0 Å². The molecule has 3 N–H and O–H groups in total. The fraction of sp³-hybridized carbons (Fsp3) is 0.450. The number of pyridine rings is 1. The van der Waals surface area contributed by atoms with E-state index >= 15 is 0 Å². The lowest BCUT2D eigenvalue weighted by Crippen LogP contribution is -2.19. The molecule has 7 heteroatoms. The summed E-state index contributed by atoms with van der Waals surface area (Å²) < 4.78 is 24.8. The SMILES string of the molecule is Cc1cccc(CCNCCCCC(O)c2ccc(NS(C)(=O)=O)cc2)n1. The van der Waals surface area contributed by atoms with Crippen molar-refractivity contribution < 1.29 is 13.5 Å². The Bertz CT molecular complexity index is 807. The predicted octanol–water partition coefficient (Wildman–Crippen LogP) is 2.80. The van der Waals surface area contributed by atoms with Crippen molar-refractivity contribution in [1.82, 2.24) is 10.3 Å². The van der Waals surface area contributed by atoms with Crippen molar-refractivity contribution in [2.45, 2.75) is 38.7 Å². The number of sulfonamides is 1. The first-order valence-electron chi connectivity index (χ1n) is 9.22. The molecule has 1 atom stereocenters. The molecule has 0 aliphatic carbocycles. The van der Waals surface area contributed by atoms with Crippen LogP contribution < -0.4 is 10.0 Å². The van der Waals surface area contributed by atoms with Crippen LogP contribution in [0.15, 0.2) is 42.5 Å². The van der Waals surface area contributed by atoms with Crippen molar-refractivity contribution in [3.63, 3.8) is 0 Å². The summed E-state index contributed by atoms with van der Waals surface area (Å²) in [5.74, 6) is 0. The number of aryl methyl sites for hydroxylation is 1.